The maximum absolute atomic E-state index is 12.3. The summed E-state index contributed by atoms with van der Waals surface area (Å²) in [5.74, 6) is -0.773. The van der Waals surface area contributed by atoms with Gasteiger partial charge in [0, 0.05) is 29.9 Å². The van der Waals surface area contributed by atoms with Crippen LogP contribution in [0.5, 0.6) is 5.88 Å². The Morgan fingerprint density at radius 2 is 2.03 bits per heavy atom. The number of imide groups is 1. The molecule has 1 aliphatic rings. The first-order chi connectivity index (χ1) is 14.4. The molecule has 1 atom stereocenters. The zero-order valence-electron chi connectivity index (χ0n) is 16.6. The number of rotatable bonds is 5. The summed E-state index contributed by atoms with van der Waals surface area (Å²) < 4.78 is 1.51. The number of nitrogens with one attached hydrogen (secondary N) is 2. The molecule has 1 fully saturated rings. The van der Waals surface area contributed by atoms with Crippen LogP contribution in [0, 0.1) is 6.92 Å². The van der Waals surface area contributed by atoms with E-state index in [9.17, 15) is 19.5 Å². The topological polar surface area (TPSA) is 100 Å². The molecule has 0 aliphatic carbocycles. The first-order valence-electron chi connectivity index (χ1n) is 9.89. The van der Waals surface area contributed by atoms with Gasteiger partial charge in [0.1, 0.15) is 6.04 Å². The van der Waals surface area contributed by atoms with Crippen molar-refractivity contribution in [3.63, 3.8) is 0 Å². The second kappa shape index (κ2) is 8.02. The summed E-state index contributed by atoms with van der Waals surface area (Å²) in [6, 6.07) is 12.7. The van der Waals surface area contributed by atoms with Gasteiger partial charge in [0.15, 0.2) is 5.88 Å². The molecule has 3 amide bonds. The lowest BCUT2D eigenvalue weighted by Gasteiger charge is -2.22. The van der Waals surface area contributed by atoms with Crippen molar-refractivity contribution in [1.29, 1.82) is 0 Å². The van der Waals surface area contributed by atoms with Crippen LogP contribution in [-0.4, -0.2) is 27.4 Å². The molecule has 30 heavy (non-hydrogen) atoms. The molecule has 0 spiro atoms. The van der Waals surface area contributed by atoms with Gasteiger partial charge >= 0.3 is 0 Å². The Hall–Kier alpha value is -3.61. The van der Waals surface area contributed by atoms with Gasteiger partial charge in [-0.1, -0.05) is 30.3 Å². The molecule has 1 aliphatic heterocycles. The highest BCUT2D eigenvalue weighted by Gasteiger charge is 2.30. The van der Waals surface area contributed by atoms with E-state index in [4.69, 9.17) is 0 Å². The van der Waals surface area contributed by atoms with Crippen LogP contribution in [0.4, 0.5) is 0 Å². The van der Waals surface area contributed by atoms with Crippen molar-refractivity contribution in [3.8, 4) is 5.88 Å². The summed E-state index contributed by atoms with van der Waals surface area (Å²) in [4.78, 5) is 35.8. The fraction of sp³-hybridized carbons (Fsp3) is 0.261. The molecule has 0 bridgehead atoms. The molecule has 3 aromatic rings. The molecular weight excluding hydrogens is 382 g/mol. The van der Waals surface area contributed by atoms with E-state index in [1.54, 1.807) is 12.3 Å². The minimum atomic E-state index is -0.618. The van der Waals surface area contributed by atoms with Crippen LogP contribution >= 0.6 is 0 Å². The van der Waals surface area contributed by atoms with Gasteiger partial charge in [0.05, 0.1) is 6.42 Å². The molecule has 7 nitrogen and oxygen atoms in total. The highest BCUT2D eigenvalue weighted by atomic mass is 16.3. The molecule has 1 saturated heterocycles. The normalized spacial score (nSPS) is 16.5. The smallest absolute Gasteiger partial charge is 0.249 e. The Bertz CT molecular complexity index is 1150. The third-order valence-corrected chi connectivity index (χ3v) is 5.53. The molecule has 7 heteroatoms. The van der Waals surface area contributed by atoms with Crippen LogP contribution in [-0.2, 0) is 27.3 Å². The number of hydrogen-bond donors (Lipinski definition) is 3. The first kappa shape index (κ1) is 19.7. The Kier molecular flexibility index (Phi) is 5.27. The highest BCUT2D eigenvalue weighted by molar-refractivity contribution is 6.00. The van der Waals surface area contributed by atoms with Gasteiger partial charge in [0.25, 0.3) is 0 Å². The second-order valence-electron chi connectivity index (χ2n) is 7.63. The number of amides is 3. The number of nitrogens with zero attached hydrogens (tertiary/aromatic N) is 1. The van der Waals surface area contributed by atoms with Crippen LogP contribution in [0.15, 0.2) is 48.7 Å². The molecule has 2 heterocycles. The van der Waals surface area contributed by atoms with Crippen LogP contribution in [0.3, 0.4) is 0 Å². The van der Waals surface area contributed by atoms with Crippen LogP contribution < -0.4 is 10.6 Å². The average molecular weight is 405 g/mol. The molecule has 0 radical (unpaired) electrons. The lowest BCUT2D eigenvalue weighted by atomic mass is 10.1. The fourth-order valence-electron chi connectivity index (χ4n) is 3.81. The average Bonchev–Trinajstić information content (AvgIpc) is 3.04. The van der Waals surface area contributed by atoms with Crippen LogP contribution in [0.1, 0.15) is 35.6 Å². The molecular formula is C23H23N3O4. The molecule has 1 unspecified atom stereocenters. The maximum Gasteiger partial charge on any atom is 0.249 e. The van der Waals surface area contributed by atoms with E-state index in [0.29, 0.717) is 24.8 Å². The SMILES string of the molecule is Cc1ccccc1CC(=O)NCc1ccc2c(O)n(C3CCC(=O)NC3=O)cc2c1. The van der Waals surface area contributed by atoms with Gasteiger partial charge in [-0.2, -0.15) is 0 Å². The number of aromatic nitrogens is 1. The van der Waals surface area contributed by atoms with E-state index in [-0.39, 0.29) is 24.1 Å². The Morgan fingerprint density at radius 3 is 2.80 bits per heavy atom. The predicted molar refractivity (Wildman–Crippen MR) is 112 cm³/mol. The van der Waals surface area contributed by atoms with Crippen LogP contribution in [0.25, 0.3) is 10.8 Å². The van der Waals surface area contributed by atoms with Crippen molar-refractivity contribution in [2.45, 2.75) is 38.8 Å². The summed E-state index contributed by atoms with van der Waals surface area (Å²) in [5.41, 5.74) is 2.97. The molecule has 1 aromatic heterocycles. The summed E-state index contributed by atoms with van der Waals surface area (Å²) in [6.07, 6.45) is 2.62. The van der Waals surface area contributed by atoms with E-state index in [1.807, 2.05) is 43.3 Å². The summed E-state index contributed by atoms with van der Waals surface area (Å²) in [5, 5.41) is 17.2. The van der Waals surface area contributed by atoms with Crippen molar-refractivity contribution >= 4 is 28.5 Å². The number of fused-ring (bicyclic) bond motifs is 1. The molecule has 4 rings (SSSR count). The van der Waals surface area contributed by atoms with Crippen molar-refractivity contribution < 1.29 is 19.5 Å². The number of piperidine rings is 1. The van der Waals surface area contributed by atoms with Gasteiger partial charge < -0.3 is 15.0 Å². The van der Waals surface area contributed by atoms with E-state index >= 15 is 0 Å². The summed E-state index contributed by atoms with van der Waals surface area (Å²) >= 11 is 0. The third kappa shape index (κ3) is 3.91. The Balaban J connectivity index is 1.47. The largest absolute Gasteiger partial charge is 0.494 e. The van der Waals surface area contributed by atoms with Crippen LogP contribution in [0.2, 0.25) is 0 Å². The number of aromatic hydroxyl groups is 1. The number of carbonyl (C=O) groups excluding carboxylic acids is 3. The van der Waals surface area contributed by atoms with E-state index < -0.39 is 11.9 Å². The molecule has 2 aromatic carbocycles. The van der Waals surface area contributed by atoms with E-state index in [0.717, 1.165) is 22.1 Å². The van der Waals surface area contributed by atoms with Crippen molar-refractivity contribution in [2.24, 2.45) is 0 Å². The van der Waals surface area contributed by atoms with Gasteiger partial charge in [-0.3, -0.25) is 19.7 Å². The minimum Gasteiger partial charge on any atom is -0.494 e. The fourth-order valence-corrected chi connectivity index (χ4v) is 3.81. The lowest BCUT2D eigenvalue weighted by molar-refractivity contribution is -0.135. The number of carbonyl (C=O) groups is 3. The molecule has 154 valence electrons. The third-order valence-electron chi connectivity index (χ3n) is 5.53. The summed E-state index contributed by atoms with van der Waals surface area (Å²) in [6.45, 7) is 2.35. The zero-order valence-corrected chi connectivity index (χ0v) is 16.6. The van der Waals surface area contributed by atoms with E-state index in [1.165, 1.54) is 4.57 Å². The second-order valence-corrected chi connectivity index (χ2v) is 7.63. The zero-order chi connectivity index (χ0) is 21.3. The molecule has 0 saturated carbocycles. The van der Waals surface area contributed by atoms with Gasteiger partial charge in [0.2, 0.25) is 17.7 Å². The quantitative estimate of drug-likeness (QED) is 0.568. The number of hydrogen-bond acceptors (Lipinski definition) is 4. The minimum absolute atomic E-state index is 0.00497. The standard InChI is InChI=1S/C23H23N3O4/c1-14-4-2-3-5-16(14)11-21(28)24-12-15-6-7-18-17(10-15)13-26(23(18)30)19-8-9-20(27)25-22(19)29/h2-7,10,13,19,30H,8-9,11-12H2,1H3,(H,24,28)(H,25,27,29). The lowest BCUT2D eigenvalue weighted by Crippen LogP contribution is -2.41. The first-order valence-corrected chi connectivity index (χ1v) is 9.89. The number of aryl methyl sites for hydroxylation is 1. The summed E-state index contributed by atoms with van der Waals surface area (Å²) in [7, 11) is 0. The van der Waals surface area contributed by atoms with Crippen molar-refractivity contribution in [3.05, 3.63) is 65.4 Å². The van der Waals surface area contributed by atoms with Crippen molar-refractivity contribution in [1.82, 2.24) is 15.2 Å². The maximum atomic E-state index is 12.3. The Labute approximate surface area is 173 Å². The molecule has 3 N–H and O–H groups in total. The van der Waals surface area contributed by atoms with Crippen molar-refractivity contribution in [2.75, 3.05) is 0 Å². The van der Waals surface area contributed by atoms with Gasteiger partial charge in [-0.05, 0) is 42.2 Å². The van der Waals surface area contributed by atoms with Gasteiger partial charge in [-0.15, -0.1) is 0 Å². The van der Waals surface area contributed by atoms with E-state index in [2.05, 4.69) is 10.6 Å². The van der Waals surface area contributed by atoms with Gasteiger partial charge in [-0.25, -0.2) is 0 Å². The highest BCUT2D eigenvalue weighted by Crippen LogP contribution is 2.33. The predicted octanol–water partition coefficient (Wildman–Crippen LogP) is 2.49. The number of benzene rings is 2. The monoisotopic (exact) mass is 405 g/mol. The Morgan fingerprint density at radius 1 is 1.23 bits per heavy atom.